The van der Waals surface area contributed by atoms with Gasteiger partial charge in [-0.25, -0.2) is 13.8 Å². The summed E-state index contributed by atoms with van der Waals surface area (Å²) in [5, 5.41) is 14.7. The van der Waals surface area contributed by atoms with Crippen LogP contribution in [0.1, 0.15) is 66.0 Å². The van der Waals surface area contributed by atoms with Gasteiger partial charge in [0.05, 0.1) is 11.8 Å². The number of carbonyl (C=O) groups is 1. The number of hydrogen-bond acceptors (Lipinski definition) is 4. The van der Waals surface area contributed by atoms with Gasteiger partial charge in [0, 0.05) is 29.6 Å². The number of allylic oxidation sites excluding steroid dienone is 4. The number of nitrogens with zero attached hydrogens (tertiary/aromatic N) is 2. The van der Waals surface area contributed by atoms with Crippen molar-refractivity contribution in [1.29, 1.82) is 0 Å². The van der Waals surface area contributed by atoms with Crippen LogP contribution in [0.3, 0.4) is 0 Å². The van der Waals surface area contributed by atoms with Crippen LogP contribution in [0.5, 0.6) is 0 Å². The molecule has 1 fully saturated rings. The Bertz CT molecular complexity index is 1170. The first kappa shape index (κ1) is 25.7. The zero-order chi connectivity index (χ0) is 25.0. The molecule has 1 aliphatic carbocycles. The predicted octanol–water partition coefficient (Wildman–Crippen LogP) is 6.46. The summed E-state index contributed by atoms with van der Waals surface area (Å²) in [5.41, 5.74) is 4.81. The van der Waals surface area contributed by atoms with Gasteiger partial charge in [0.25, 0.3) is 5.92 Å². The predicted molar refractivity (Wildman–Crippen MR) is 133 cm³/mol. The van der Waals surface area contributed by atoms with Gasteiger partial charge in [0.1, 0.15) is 11.7 Å². The van der Waals surface area contributed by atoms with Crippen molar-refractivity contribution in [2.24, 2.45) is 5.92 Å². The molecule has 7 heteroatoms. The molecule has 2 N–H and O–H groups in total. The molecule has 182 valence electrons. The van der Waals surface area contributed by atoms with Gasteiger partial charge in [0.2, 0.25) is 5.91 Å². The molecule has 2 aromatic rings. The number of halogens is 2. The number of nitrogens with one attached hydrogen (secondary N) is 1. The molecule has 2 aromatic heterocycles. The molecule has 3 rings (SSSR count). The lowest BCUT2D eigenvalue weighted by molar-refractivity contribution is -0.119. The fourth-order valence-electron chi connectivity index (χ4n) is 3.99. The Morgan fingerprint density at radius 3 is 2.47 bits per heavy atom. The molecule has 0 aliphatic heterocycles. The van der Waals surface area contributed by atoms with Crippen molar-refractivity contribution in [1.82, 2.24) is 9.97 Å². The van der Waals surface area contributed by atoms with E-state index >= 15 is 0 Å². The summed E-state index contributed by atoms with van der Waals surface area (Å²) < 4.78 is 26.3. The second-order valence-corrected chi connectivity index (χ2v) is 8.92. The molecule has 34 heavy (non-hydrogen) atoms. The molecule has 2 unspecified atom stereocenters. The number of fused-ring (bicyclic) bond motifs is 1. The van der Waals surface area contributed by atoms with Crippen LogP contribution in [0.15, 0.2) is 53.4 Å². The molecule has 1 amide bonds. The van der Waals surface area contributed by atoms with Crippen molar-refractivity contribution >= 4 is 28.1 Å². The van der Waals surface area contributed by atoms with E-state index in [2.05, 4.69) is 29.1 Å². The molecular weight excluding hydrogens is 436 g/mol. The first-order chi connectivity index (χ1) is 16.1. The number of aromatic nitrogens is 2. The van der Waals surface area contributed by atoms with Gasteiger partial charge in [-0.2, -0.15) is 0 Å². The number of alkyl halides is 2. The number of anilines is 1. The Balaban J connectivity index is 1.86. The average molecular weight is 470 g/mol. The minimum absolute atomic E-state index is 0.229. The van der Waals surface area contributed by atoms with Crippen LogP contribution >= 0.6 is 0 Å². The molecule has 5 nitrogen and oxygen atoms in total. The molecule has 0 spiro atoms. The van der Waals surface area contributed by atoms with Gasteiger partial charge in [-0.3, -0.25) is 9.78 Å². The Labute approximate surface area is 199 Å². The fraction of sp³-hybridized carbons (Fsp3) is 0.444. The quantitative estimate of drug-likeness (QED) is 0.413. The molecule has 1 saturated carbocycles. The van der Waals surface area contributed by atoms with Crippen molar-refractivity contribution in [3.8, 4) is 0 Å². The second-order valence-electron chi connectivity index (χ2n) is 8.92. The second kappa shape index (κ2) is 10.6. The maximum Gasteiger partial charge on any atom is 0.260 e. The molecule has 0 aromatic carbocycles. The zero-order valence-electron chi connectivity index (χ0n) is 20.5. The lowest BCUT2D eigenvalue weighted by atomic mass is 9.93. The highest BCUT2D eigenvalue weighted by Crippen LogP contribution is 2.49. The van der Waals surface area contributed by atoms with Gasteiger partial charge in [-0.05, 0) is 62.5 Å². The summed E-state index contributed by atoms with van der Waals surface area (Å²) in [5.74, 6) is -4.67. The van der Waals surface area contributed by atoms with Crippen molar-refractivity contribution in [3.05, 3.63) is 59.1 Å². The lowest BCUT2D eigenvalue weighted by Crippen LogP contribution is -2.18. The summed E-state index contributed by atoms with van der Waals surface area (Å²) in [6.45, 7) is 10.1. The van der Waals surface area contributed by atoms with Crippen molar-refractivity contribution < 1.29 is 18.7 Å². The van der Waals surface area contributed by atoms with E-state index in [1.54, 1.807) is 18.5 Å². The van der Waals surface area contributed by atoms with Crippen LogP contribution in [0.25, 0.3) is 16.3 Å². The van der Waals surface area contributed by atoms with E-state index < -0.39 is 30.3 Å². The van der Waals surface area contributed by atoms with Crippen LogP contribution in [0.2, 0.25) is 0 Å². The highest BCUT2D eigenvalue weighted by Gasteiger charge is 2.61. The number of aliphatic hydroxyl groups excluding tert-OH is 1. The Morgan fingerprint density at radius 1 is 1.24 bits per heavy atom. The van der Waals surface area contributed by atoms with Gasteiger partial charge < -0.3 is 10.4 Å². The molecule has 0 saturated heterocycles. The van der Waals surface area contributed by atoms with Crippen molar-refractivity contribution in [3.63, 3.8) is 0 Å². The smallest absolute Gasteiger partial charge is 0.260 e. The van der Waals surface area contributed by atoms with E-state index in [0.717, 1.165) is 51.6 Å². The van der Waals surface area contributed by atoms with Gasteiger partial charge >= 0.3 is 0 Å². The summed E-state index contributed by atoms with van der Waals surface area (Å²) in [6, 6.07) is 3.54. The minimum atomic E-state index is -2.91. The maximum atomic E-state index is 13.1. The van der Waals surface area contributed by atoms with Crippen molar-refractivity contribution in [2.45, 2.75) is 72.3 Å². The van der Waals surface area contributed by atoms with Gasteiger partial charge in [0.15, 0.2) is 0 Å². The first-order valence-corrected chi connectivity index (χ1v) is 11.8. The summed E-state index contributed by atoms with van der Waals surface area (Å²) in [4.78, 5) is 20.8. The maximum absolute atomic E-state index is 13.1. The summed E-state index contributed by atoms with van der Waals surface area (Å²) in [7, 11) is 0. The number of amides is 1. The summed E-state index contributed by atoms with van der Waals surface area (Å²) >= 11 is 0. The average Bonchev–Trinajstić information content (AvgIpc) is 3.45. The van der Waals surface area contributed by atoms with Crippen LogP contribution < -0.4 is 5.32 Å². The Hall–Kier alpha value is -2.93. The third-order valence-electron chi connectivity index (χ3n) is 6.30. The fourth-order valence-corrected chi connectivity index (χ4v) is 3.99. The minimum Gasteiger partial charge on any atom is -0.388 e. The molecule has 1 aliphatic rings. The SMILES string of the molecule is C/C=C(\C(C)=CC(=C(C)CC)C(O)CCC)c1cc2cnc(NC(=O)C3CC3(F)F)cc2cn1. The molecule has 2 atom stereocenters. The van der Waals surface area contributed by atoms with Gasteiger partial charge in [-0.1, -0.05) is 38.0 Å². The zero-order valence-corrected chi connectivity index (χ0v) is 20.5. The van der Waals surface area contributed by atoms with E-state index in [1.165, 1.54) is 0 Å². The van der Waals surface area contributed by atoms with Crippen LogP contribution in [0, 0.1) is 5.92 Å². The molecular formula is C27H33F2N3O2. The van der Waals surface area contributed by atoms with E-state index in [4.69, 9.17) is 0 Å². The van der Waals surface area contributed by atoms with Crippen LogP contribution in [-0.2, 0) is 4.79 Å². The Kier molecular flexibility index (Phi) is 7.97. The standard InChI is InChI=1S/C27H33F2N3O2/c1-6-9-24(33)21(16(4)7-2)10-17(5)20(8-3)23-11-18-15-31-25(12-19(18)14-30-23)32-26(34)22-13-27(22,28)29/h8,10-12,14-15,22,24,33H,6-7,9,13H2,1-5H3,(H,31,32,34)/b17-10?,20-8+,21-16?. The highest BCUT2D eigenvalue weighted by molar-refractivity contribution is 5.96. The topological polar surface area (TPSA) is 75.1 Å². The number of rotatable bonds is 9. The van der Waals surface area contributed by atoms with E-state index in [1.807, 2.05) is 39.0 Å². The highest BCUT2D eigenvalue weighted by atomic mass is 19.3. The molecule has 0 radical (unpaired) electrons. The van der Waals surface area contributed by atoms with Gasteiger partial charge in [-0.15, -0.1) is 0 Å². The largest absolute Gasteiger partial charge is 0.388 e. The molecule has 0 bridgehead atoms. The third-order valence-corrected chi connectivity index (χ3v) is 6.30. The Morgan fingerprint density at radius 2 is 1.88 bits per heavy atom. The first-order valence-electron chi connectivity index (χ1n) is 11.8. The lowest BCUT2D eigenvalue weighted by Gasteiger charge is -2.17. The van der Waals surface area contributed by atoms with Crippen LogP contribution in [0.4, 0.5) is 14.6 Å². The number of carbonyl (C=O) groups excluding carboxylic acids is 1. The normalized spacial score (nSPS) is 19.6. The number of pyridine rings is 2. The summed E-state index contributed by atoms with van der Waals surface area (Å²) in [6.07, 6.45) is 8.87. The number of hydrogen-bond donors (Lipinski definition) is 2. The van der Waals surface area contributed by atoms with Crippen molar-refractivity contribution in [2.75, 3.05) is 5.32 Å². The number of aliphatic hydroxyl groups is 1. The monoisotopic (exact) mass is 469 g/mol. The van der Waals surface area contributed by atoms with E-state index in [0.29, 0.717) is 6.42 Å². The third kappa shape index (κ3) is 5.76. The van der Waals surface area contributed by atoms with E-state index in [9.17, 15) is 18.7 Å². The molecule has 2 heterocycles. The van der Waals surface area contributed by atoms with Crippen LogP contribution in [-0.4, -0.2) is 33.0 Å². The van der Waals surface area contributed by atoms with E-state index in [-0.39, 0.29) is 5.82 Å².